The van der Waals surface area contributed by atoms with Crippen molar-refractivity contribution in [2.45, 2.75) is 13.8 Å². The van der Waals surface area contributed by atoms with Gasteiger partial charge < -0.3 is 5.11 Å². The van der Waals surface area contributed by atoms with E-state index in [9.17, 15) is 9.90 Å². The fraction of sp³-hybridized carbons (Fsp3) is 0.111. The second-order valence-electron chi connectivity index (χ2n) is 5.80. The average Bonchev–Trinajstić information content (AvgIpc) is 3.01. The predicted octanol–water partition coefficient (Wildman–Crippen LogP) is 3.54. The molecule has 0 fully saturated rings. The van der Waals surface area contributed by atoms with Gasteiger partial charge in [0, 0.05) is 10.0 Å². The fourth-order valence-corrected chi connectivity index (χ4v) is 4.24. The number of thiazole rings is 1. The number of halogens is 1. The van der Waals surface area contributed by atoms with Crippen molar-refractivity contribution in [2.75, 3.05) is 0 Å². The maximum atomic E-state index is 12.8. The van der Waals surface area contributed by atoms with E-state index in [0.717, 1.165) is 26.6 Å². The molecule has 120 valence electrons. The zero-order valence-corrected chi connectivity index (χ0v) is 15.4. The van der Waals surface area contributed by atoms with Crippen molar-refractivity contribution in [3.05, 3.63) is 66.4 Å². The first-order chi connectivity index (χ1) is 11.4. The van der Waals surface area contributed by atoms with Crippen LogP contribution in [0.2, 0.25) is 0 Å². The summed E-state index contributed by atoms with van der Waals surface area (Å²) >= 11 is 4.71. The number of benzene rings is 2. The average molecular weight is 401 g/mol. The molecule has 0 aliphatic carbocycles. The van der Waals surface area contributed by atoms with Gasteiger partial charge in [-0.25, -0.2) is 9.38 Å². The molecule has 4 rings (SSSR count). The number of aromatic hydroxyl groups is 1. The molecule has 0 atom stereocenters. The molecule has 4 nitrogen and oxygen atoms in total. The molecule has 1 N–H and O–H groups in total. The van der Waals surface area contributed by atoms with Crippen molar-refractivity contribution >= 4 is 49.3 Å². The Morgan fingerprint density at radius 2 is 2.04 bits per heavy atom. The van der Waals surface area contributed by atoms with E-state index in [0.29, 0.717) is 15.1 Å². The Bertz CT molecular complexity index is 1220. The lowest BCUT2D eigenvalue weighted by molar-refractivity contribution is 0.474. The van der Waals surface area contributed by atoms with Crippen LogP contribution in [-0.4, -0.2) is 14.5 Å². The predicted molar refractivity (Wildman–Crippen MR) is 101 cm³/mol. The Balaban J connectivity index is 2.05. The van der Waals surface area contributed by atoms with Gasteiger partial charge in [-0.15, -0.1) is 0 Å². The van der Waals surface area contributed by atoms with Gasteiger partial charge >= 0.3 is 0 Å². The molecule has 2 aromatic carbocycles. The number of nitrogens with zero attached hydrogens (tertiary/aromatic N) is 2. The molecule has 0 radical (unpaired) electrons. The van der Waals surface area contributed by atoms with Crippen LogP contribution < -0.4 is 10.1 Å². The van der Waals surface area contributed by atoms with Crippen molar-refractivity contribution in [2.24, 2.45) is 0 Å². The molecule has 0 aliphatic heterocycles. The summed E-state index contributed by atoms with van der Waals surface area (Å²) in [6, 6.07) is 9.18. The van der Waals surface area contributed by atoms with Crippen LogP contribution in [0.15, 0.2) is 39.6 Å². The van der Waals surface area contributed by atoms with Gasteiger partial charge in [0.2, 0.25) is 0 Å². The molecule has 24 heavy (non-hydrogen) atoms. The van der Waals surface area contributed by atoms with Gasteiger partial charge in [-0.05, 0) is 55.3 Å². The van der Waals surface area contributed by atoms with E-state index in [1.807, 2.05) is 19.9 Å². The highest BCUT2D eigenvalue weighted by atomic mass is 79.9. The fourth-order valence-electron chi connectivity index (χ4n) is 2.89. The van der Waals surface area contributed by atoms with Crippen LogP contribution in [0.4, 0.5) is 0 Å². The molecule has 2 heterocycles. The maximum absolute atomic E-state index is 12.8. The molecule has 0 bridgehead atoms. The van der Waals surface area contributed by atoms with Crippen molar-refractivity contribution in [3.63, 3.8) is 0 Å². The van der Waals surface area contributed by atoms with Crippen LogP contribution in [0.1, 0.15) is 16.7 Å². The summed E-state index contributed by atoms with van der Waals surface area (Å²) in [5, 5.41) is 9.99. The number of phenolic OH excluding ortho intramolecular Hbond substituents is 1. The minimum Gasteiger partial charge on any atom is -0.507 e. The van der Waals surface area contributed by atoms with Crippen molar-refractivity contribution < 1.29 is 5.11 Å². The number of fused-ring (bicyclic) bond motifs is 3. The smallest absolute Gasteiger partial charge is 0.274 e. The third-order valence-electron chi connectivity index (χ3n) is 3.96. The molecule has 0 amide bonds. The molecule has 6 heteroatoms. The topological polar surface area (TPSA) is 54.6 Å². The summed E-state index contributed by atoms with van der Waals surface area (Å²) in [6.07, 6.45) is 1.70. The Labute approximate surface area is 149 Å². The van der Waals surface area contributed by atoms with E-state index >= 15 is 0 Å². The monoisotopic (exact) mass is 400 g/mol. The molecule has 4 aromatic rings. The molecular weight excluding hydrogens is 388 g/mol. The van der Waals surface area contributed by atoms with E-state index in [2.05, 4.69) is 27.0 Å². The highest BCUT2D eigenvalue weighted by Crippen LogP contribution is 2.24. The molecule has 2 aromatic heterocycles. The van der Waals surface area contributed by atoms with Crippen molar-refractivity contribution in [3.8, 4) is 5.75 Å². The SMILES string of the molecule is Cc1cc(C)c2nc3s/c(=C\c4cc(Br)ccc4O)c(=O)n3c2c1. The van der Waals surface area contributed by atoms with Gasteiger partial charge in [-0.2, -0.15) is 0 Å². The van der Waals surface area contributed by atoms with Crippen LogP contribution in [0.25, 0.3) is 22.1 Å². The Morgan fingerprint density at radius 1 is 1.25 bits per heavy atom. The third-order valence-corrected chi connectivity index (χ3v) is 5.42. The second-order valence-corrected chi connectivity index (χ2v) is 7.72. The number of rotatable bonds is 1. The normalized spacial score (nSPS) is 12.5. The van der Waals surface area contributed by atoms with E-state index in [-0.39, 0.29) is 11.3 Å². The van der Waals surface area contributed by atoms with Crippen molar-refractivity contribution in [1.29, 1.82) is 0 Å². The van der Waals surface area contributed by atoms with Crippen LogP contribution in [0, 0.1) is 13.8 Å². The number of imidazole rings is 1. The van der Waals surface area contributed by atoms with Gasteiger partial charge in [0.1, 0.15) is 5.75 Å². The Kier molecular flexibility index (Phi) is 3.47. The second kappa shape index (κ2) is 5.43. The summed E-state index contributed by atoms with van der Waals surface area (Å²) < 4.78 is 3.05. The third kappa shape index (κ3) is 2.34. The maximum Gasteiger partial charge on any atom is 0.274 e. The zero-order chi connectivity index (χ0) is 17.0. The highest BCUT2D eigenvalue weighted by molar-refractivity contribution is 9.10. The summed E-state index contributed by atoms with van der Waals surface area (Å²) in [6.45, 7) is 4.01. The minimum atomic E-state index is -0.109. The van der Waals surface area contributed by atoms with Crippen LogP contribution in [0.5, 0.6) is 5.75 Å². The number of aryl methyl sites for hydroxylation is 2. The molecule has 0 unspecified atom stereocenters. The van der Waals surface area contributed by atoms with E-state index in [1.165, 1.54) is 11.3 Å². The Hall–Kier alpha value is -2.18. The highest BCUT2D eigenvalue weighted by Gasteiger charge is 2.13. The largest absolute Gasteiger partial charge is 0.507 e. The lowest BCUT2D eigenvalue weighted by atomic mass is 10.1. The Morgan fingerprint density at radius 3 is 2.83 bits per heavy atom. The molecule has 0 aliphatic rings. The number of aromatic nitrogens is 2. The summed E-state index contributed by atoms with van der Waals surface area (Å²) in [5.41, 5.74) is 4.35. The minimum absolute atomic E-state index is 0.109. The van der Waals surface area contributed by atoms with E-state index in [1.54, 1.807) is 28.7 Å². The summed E-state index contributed by atoms with van der Waals surface area (Å²) in [5.74, 6) is 0.139. The van der Waals surface area contributed by atoms with Crippen LogP contribution >= 0.6 is 27.3 Å². The standard InChI is InChI=1S/C18H13BrN2O2S/c1-9-5-10(2)16-13(6-9)21-17(23)15(24-18(21)20-16)8-11-7-12(19)3-4-14(11)22/h3-8,22H,1-2H3/b15-8-. The van der Waals surface area contributed by atoms with Gasteiger partial charge in [0.15, 0.2) is 4.96 Å². The quantitative estimate of drug-likeness (QED) is 0.531. The van der Waals surface area contributed by atoms with Gasteiger partial charge in [0.05, 0.1) is 15.6 Å². The lowest BCUT2D eigenvalue weighted by Gasteiger charge is -1.98. The molecular formula is C18H13BrN2O2S. The molecule has 0 spiro atoms. The van der Waals surface area contributed by atoms with Gasteiger partial charge in [-0.1, -0.05) is 33.3 Å². The van der Waals surface area contributed by atoms with E-state index in [4.69, 9.17) is 0 Å². The van der Waals surface area contributed by atoms with Gasteiger partial charge in [0.25, 0.3) is 5.56 Å². The summed E-state index contributed by atoms with van der Waals surface area (Å²) in [4.78, 5) is 18.1. The van der Waals surface area contributed by atoms with Crippen LogP contribution in [-0.2, 0) is 0 Å². The first-order valence-corrected chi connectivity index (χ1v) is 8.97. The number of hydrogen-bond acceptors (Lipinski definition) is 4. The number of phenols is 1. The zero-order valence-electron chi connectivity index (χ0n) is 13.0. The first kappa shape index (κ1) is 15.4. The first-order valence-electron chi connectivity index (χ1n) is 7.36. The van der Waals surface area contributed by atoms with E-state index < -0.39 is 0 Å². The summed E-state index contributed by atoms with van der Waals surface area (Å²) in [7, 11) is 0. The van der Waals surface area contributed by atoms with Crippen LogP contribution in [0.3, 0.4) is 0 Å². The lowest BCUT2D eigenvalue weighted by Crippen LogP contribution is -2.22. The van der Waals surface area contributed by atoms with Crippen molar-refractivity contribution in [1.82, 2.24) is 9.38 Å². The number of hydrogen-bond donors (Lipinski definition) is 1. The molecule has 0 saturated carbocycles. The van der Waals surface area contributed by atoms with Gasteiger partial charge in [-0.3, -0.25) is 4.79 Å². The molecule has 0 saturated heterocycles.